The van der Waals surface area contributed by atoms with Gasteiger partial charge in [0.1, 0.15) is 11.5 Å². The molecule has 1 unspecified atom stereocenters. The van der Waals surface area contributed by atoms with Crippen LogP contribution in [0.25, 0.3) is 0 Å². The van der Waals surface area contributed by atoms with Crippen LogP contribution in [-0.2, 0) is 0 Å². The highest BCUT2D eigenvalue weighted by Gasteiger charge is 2.26. The first-order valence-corrected chi connectivity index (χ1v) is 7.35. The molecule has 1 atom stereocenters. The number of amides is 1. The summed E-state index contributed by atoms with van der Waals surface area (Å²) in [6.45, 7) is 2.90. The second kappa shape index (κ2) is 6.64. The van der Waals surface area contributed by atoms with Crippen molar-refractivity contribution in [2.45, 2.75) is 45.1 Å². The number of phenolic OH excluding ortho intramolecular Hbond substituents is 1. The molecule has 1 heterocycles. The van der Waals surface area contributed by atoms with Crippen LogP contribution >= 0.6 is 0 Å². The Labute approximate surface area is 120 Å². The summed E-state index contributed by atoms with van der Waals surface area (Å²) in [7, 11) is 1.54. The molecule has 0 radical (unpaired) electrons. The van der Waals surface area contributed by atoms with Gasteiger partial charge in [-0.15, -0.1) is 0 Å². The normalized spacial score (nSPS) is 19.5. The first-order chi connectivity index (χ1) is 9.67. The van der Waals surface area contributed by atoms with Crippen molar-refractivity contribution in [3.63, 3.8) is 0 Å². The van der Waals surface area contributed by atoms with E-state index < -0.39 is 0 Å². The fraction of sp³-hybridized carbons (Fsp3) is 0.562. The molecule has 110 valence electrons. The van der Waals surface area contributed by atoms with Crippen molar-refractivity contribution in [3.8, 4) is 11.5 Å². The molecule has 1 saturated heterocycles. The van der Waals surface area contributed by atoms with Crippen LogP contribution in [-0.4, -0.2) is 35.6 Å². The number of methoxy groups -OCH3 is 1. The molecule has 20 heavy (non-hydrogen) atoms. The molecule has 1 fully saturated rings. The molecule has 1 amide bonds. The van der Waals surface area contributed by atoms with Crippen LogP contribution in [0.3, 0.4) is 0 Å². The molecular weight excluding hydrogens is 254 g/mol. The molecule has 2 rings (SSSR count). The fourth-order valence-corrected chi connectivity index (χ4v) is 2.84. The van der Waals surface area contributed by atoms with Gasteiger partial charge in [0, 0.05) is 18.7 Å². The predicted octanol–water partition coefficient (Wildman–Crippen LogP) is 3.20. The summed E-state index contributed by atoms with van der Waals surface area (Å²) in [5.74, 6) is 0.481. The maximum absolute atomic E-state index is 12.7. The molecule has 0 saturated carbocycles. The standard InChI is InChI=1S/C16H23NO3/c1-3-12-7-5-4-6-10-17(12)16(19)14-9-8-13(20-2)11-15(14)18/h8-9,11-12,18H,3-7,10H2,1-2H3. The fourth-order valence-electron chi connectivity index (χ4n) is 2.84. The van der Waals surface area contributed by atoms with Crippen molar-refractivity contribution in [3.05, 3.63) is 23.8 Å². The third kappa shape index (κ3) is 3.06. The Morgan fingerprint density at radius 3 is 2.85 bits per heavy atom. The Balaban J connectivity index is 2.24. The average Bonchev–Trinajstić information content (AvgIpc) is 2.71. The lowest BCUT2D eigenvalue weighted by atomic mass is 10.1. The van der Waals surface area contributed by atoms with Crippen LogP contribution in [0, 0.1) is 0 Å². The molecule has 1 aliphatic rings. The molecule has 1 aromatic rings. The summed E-state index contributed by atoms with van der Waals surface area (Å²) in [6, 6.07) is 5.14. The Bertz CT molecular complexity index is 473. The number of hydrogen-bond acceptors (Lipinski definition) is 3. The van der Waals surface area contributed by atoms with Gasteiger partial charge < -0.3 is 14.7 Å². The number of hydrogen-bond donors (Lipinski definition) is 1. The zero-order valence-electron chi connectivity index (χ0n) is 12.3. The second-order valence-corrected chi connectivity index (χ2v) is 5.29. The average molecular weight is 277 g/mol. The van der Waals surface area contributed by atoms with E-state index >= 15 is 0 Å². The van der Waals surface area contributed by atoms with Gasteiger partial charge in [-0.1, -0.05) is 19.8 Å². The van der Waals surface area contributed by atoms with Crippen LogP contribution in [0.1, 0.15) is 49.4 Å². The largest absolute Gasteiger partial charge is 0.507 e. The first-order valence-electron chi connectivity index (χ1n) is 7.35. The van der Waals surface area contributed by atoms with Gasteiger partial charge in [0.05, 0.1) is 12.7 Å². The van der Waals surface area contributed by atoms with E-state index in [9.17, 15) is 9.90 Å². The minimum Gasteiger partial charge on any atom is -0.507 e. The van der Waals surface area contributed by atoms with Crippen LogP contribution in [0.15, 0.2) is 18.2 Å². The predicted molar refractivity (Wildman–Crippen MR) is 78.2 cm³/mol. The van der Waals surface area contributed by atoms with Crippen molar-refractivity contribution in [2.24, 2.45) is 0 Å². The molecule has 4 nitrogen and oxygen atoms in total. The van der Waals surface area contributed by atoms with Crippen LogP contribution in [0.4, 0.5) is 0 Å². The number of rotatable bonds is 3. The van der Waals surface area contributed by atoms with Crippen molar-refractivity contribution in [2.75, 3.05) is 13.7 Å². The lowest BCUT2D eigenvalue weighted by Gasteiger charge is -2.29. The maximum Gasteiger partial charge on any atom is 0.257 e. The number of carbonyl (C=O) groups is 1. The number of ether oxygens (including phenoxy) is 1. The van der Waals surface area contributed by atoms with Crippen LogP contribution in [0.2, 0.25) is 0 Å². The van der Waals surface area contributed by atoms with Crippen molar-refractivity contribution in [1.29, 1.82) is 0 Å². The van der Waals surface area contributed by atoms with E-state index in [4.69, 9.17) is 4.74 Å². The van der Waals surface area contributed by atoms with E-state index in [1.165, 1.54) is 26.0 Å². The Morgan fingerprint density at radius 2 is 2.20 bits per heavy atom. The number of aromatic hydroxyl groups is 1. The molecule has 0 aromatic heterocycles. The molecule has 0 spiro atoms. The summed E-state index contributed by atoms with van der Waals surface area (Å²) in [6.07, 6.45) is 5.41. The molecule has 4 heteroatoms. The summed E-state index contributed by atoms with van der Waals surface area (Å²) >= 11 is 0. The van der Waals surface area contributed by atoms with Gasteiger partial charge in [0.15, 0.2) is 0 Å². The third-order valence-electron chi connectivity index (χ3n) is 4.04. The highest BCUT2D eigenvalue weighted by atomic mass is 16.5. The minimum atomic E-state index is -0.0705. The van der Waals surface area contributed by atoms with E-state index in [2.05, 4.69) is 6.92 Å². The molecule has 0 bridgehead atoms. The van der Waals surface area contributed by atoms with E-state index in [1.54, 1.807) is 12.1 Å². The van der Waals surface area contributed by atoms with Gasteiger partial charge in [-0.3, -0.25) is 4.79 Å². The van der Waals surface area contributed by atoms with Crippen LogP contribution in [0.5, 0.6) is 11.5 Å². The summed E-state index contributed by atoms with van der Waals surface area (Å²) < 4.78 is 5.05. The first kappa shape index (κ1) is 14.7. The highest BCUT2D eigenvalue weighted by molar-refractivity contribution is 5.97. The summed E-state index contributed by atoms with van der Waals surface area (Å²) in [5, 5.41) is 10.0. The minimum absolute atomic E-state index is 0.00606. The molecule has 1 aliphatic heterocycles. The highest BCUT2D eigenvalue weighted by Crippen LogP contribution is 2.27. The van der Waals surface area contributed by atoms with Gasteiger partial charge in [-0.2, -0.15) is 0 Å². The topological polar surface area (TPSA) is 49.8 Å². The van der Waals surface area contributed by atoms with Gasteiger partial charge in [0.2, 0.25) is 0 Å². The number of carbonyl (C=O) groups excluding carboxylic acids is 1. The van der Waals surface area contributed by atoms with Crippen molar-refractivity contribution in [1.82, 2.24) is 4.90 Å². The molecule has 0 aliphatic carbocycles. The SMILES string of the molecule is CCC1CCCCCN1C(=O)c1ccc(OC)cc1O. The number of nitrogens with zero attached hydrogens (tertiary/aromatic N) is 1. The summed E-state index contributed by atoms with van der Waals surface area (Å²) in [4.78, 5) is 14.6. The maximum atomic E-state index is 12.7. The van der Waals surface area contributed by atoms with E-state index in [1.807, 2.05) is 4.90 Å². The smallest absolute Gasteiger partial charge is 0.257 e. The Hall–Kier alpha value is -1.71. The lowest BCUT2D eigenvalue weighted by molar-refractivity contribution is 0.0675. The molecular formula is C16H23NO3. The van der Waals surface area contributed by atoms with E-state index in [0.717, 1.165) is 25.8 Å². The van der Waals surface area contributed by atoms with Gasteiger partial charge in [-0.05, 0) is 31.4 Å². The zero-order valence-corrected chi connectivity index (χ0v) is 12.3. The van der Waals surface area contributed by atoms with Crippen molar-refractivity contribution >= 4 is 5.91 Å². The number of likely N-dealkylation sites (tertiary alicyclic amines) is 1. The number of benzene rings is 1. The zero-order chi connectivity index (χ0) is 14.5. The van der Waals surface area contributed by atoms with Crippen LogP contribution < -0.4 is 4.74 Å². The second-order valence-electron chi connectivity index (χ2n) is 5.29. The molecule has 1 N–H and O–H groups in total. The number of phenols is 1. The van der Waals surface area contributed by atoms with Crippen molar-refractivity contribution < 1.29 is 14.6 Å². The summed E-state index contributed by atoms with van der Waals surface area (Å²) in [5.41, 5.74) is 0.367. The lowest BCUT2D eigenvalue weighted by Crippen LogP contribution is -2.39. The van der Waals surface area contributed by atoms with E-state index in [-0.39, 0.29) is 17.7 Å². The quantitative estimate of drug-likeness (QED) is 0.923. The Kier molecular flexibility index (Phi) is 4.88. The third-order valence-corrected chi connectivity index (χ3v) is 4.04. The van der Waals surface area contributed by atoms with Gasteiger partial charge in [-0.25, -0.2) is 0 Å². The monoisotopic (exact) mass is 277 g/mol. The molecule has 1 aromatic carbocycles. The van der Waals surface area contributed by atoms with Gasteiger partial charge >= 0.3 is 0 Å². The van der Waals surface area contributed by atoms with E-state index in [0.29, 0.717) is 11.3 Å². The Morgan fingerprint density at radius 1 is 1.40 bits per heavy atom. The van der Waals surface area contributed by atoms with Gasteiger partial charge in [0.25, 0.3) is 5.91 Å².